The summed E-state index contributed by atoms with van der Waals surface area (Å²) in [5.41, 5.74) is 1.25. The predicted octanol–water partition coefficient (Wildman–Crippen LogP) is 1.53. The van der Waals surface area contributed by atoms with Crippen LogP contribution in [0.2, 0.25) is 0 Å². The van der Waals surface area contributed by atoms with Crippen molar-refractivity contribution in [1.29, 1.82) is 0 Å². The molecule has 0 aromatic heterocycles. The molecule has 0 radical (unpaired) electrons. The van der Waals surface area contributed by atoms with Gasteiger partial charge in [-0.3, -0.25) is 4.90 Å². The average molecular weight is 278 g/mol. The Balaban J connectivity index is 2.07. The molecular formula is C15H22N2O3. The summed E-state index contributed by atoms with van der Waals surface area (Å²) in [5.74, 6) is -0.537. The largest absolute Gasteiger partial charge is 0.496 e. The van der Waals surface area contributed by atoms with E-state index in [4.69, 9.17) is 4.74 Å². The highest BCUT2D eigenvalue weighted by Crippen LogP contribution is 2.22. The highest BCUT2D eigenvalue weighted by atomic mass is 16.5. The molecular weight excluding hydrogens is 256 g/mol. The summed E-state index contributed by atoms with van der Waals surface area (Å²) >= 11 is 0. The first-order chi connectivity index (χ1) is 9.51. The van der Waals surface area contributed by atoms with Crippen molar-refractivity contribution in [2.75, 3.05) is 34.3 Å². The fourth-order valence-electron chi connectivity index (χ4n) is 2.66. The minimum atomic E-state index is -0.948. The number of likely N-dealkylation sites (N-methyl/N-ethyl adjacent to an activating group) is 1. The van der Waals surface area contributed by atoms with Crippen molar-refractivity contribution in [2.45, 2.75) is 19.0 Å². The Morgan fingerprint density at radius 1 is 1.50 bits per heavy atom. The number of benzene rings is 1. The maximum absolute atomic E-state index is 11.2. The molecule has 1 heterocycles. The van der Waals surface area contributed by atoms with E-state index in [0.717, 1.165) is 31.6 Å². The first-order valence-electron chi connectivity index (χ1n) is 6.80. The van der Waals surface area contributed by atoms with Crippen LogP contribution in [0.4, 0.5) is 0 Å². The summed E-state index contributed by atoms with van der Waals surface area (Å²) in [6, 6.07) is 5.98. The smallest absolute Gasteiger partial charge is 0.339 e. The van der Waals surface area contributed by atoms with Gasteiger partial charge < -0.3 is 14.7 Å². The molecule has 1 N–H and O–H groups in total. The van der Waals surface area contributed by atoms with Crippen LogP contribution in [0.3, 0.4) is 0 Å². The van der Waals surface area contributed by atoms with E-state index in [9.17, 15) is 9.90 Å². The molecule has 0 spiro atoms. The van der Waals surface area contributed by atoms with E-state index in [0.29, 0.717) is 11.8 Å². The molecule has 1 aromatic carbocycles. The number of carboxylic acids is 1. The number of hydrogen-bond donors (Lipinski definition) is 1. The Bertz CT molecular complexity index is 488. The lowest BCUT2D eigenvalue weighted by molar-refractivity contribution is 0.0693. The van der Waals surface area contributed by atoms with E-state index in [1.54, 1.807) is 12.1 Å². The molecule has 1 aromatic rings. The summed E-state index contributed by atoms with van der Waals surface area (Å²) in [4.78, 5) is 15.8. The van der Waals surface area contributed by atoms with Gasteiger partial charge in [-0.05, 0) is 38.2 Å². The number of carbonyl (C=O) groups is 1. The number of ether oxygens (including phenoxy) is 1. The Morgan fingerprint density at radius 2 is 2.25 bits per heavy atom. The topological polar surface area (TPSA) is 53.0 Å². The lowest BCUT2D eigenvalue weighted by Gasteiger charge is -2.20. The zero-order valence-electron chi connectivity index (χ0n) is 12.3. The maximum atomic E-state index is 11.2. The van der Waals surface area contributed by atoms with Crippen molar-refractivity contribution in [2.24, 2.45) is 0 Å². The van der Waals surface area contributed by atoms with Crippen LogP contribution in [0.25, 0.3) is 0 Å². The fraction of sp³-hybridized carbons (Fsp3) is 0.533. The third-order valence-corrected chi connectivity index (χ3v) is 3.88. The summed E-state index contributed by atoms with van der Waals surface area (Å²) in [6.07, 6.45) is 1.16. The summed E-state index contributed by atoms with van der Waals surface area (Å²) in [5, 5.41) is 9.20. The Morgan fingerprint density at radius 3 is 2.80 bits per heavy atom. The number of carboxylic acid groups (broad SMARTS) is 1. The molecule has 0 saturated carbocycles. The molecule has 0 bridgehead atoms. The van der Waals surface area contributed by atoms with Gasteiger partial charge in [-0.15, -0.1) is 0 Å². The van der Waals surface area contributed by atoms with Gasteiger partial charge in [0.2, 0.25) is 0 Å². The third kappa shape index (κ3) is 3.29. The van der Waals surface area contributed by atoms with Crippen LogP contribution in [0.5, 0.6) is 5.75 Å². The van der Waals surface area contributed by atoms with Crippen molar-refractivity contribution in [3.05, 3.63) is 29.3 Å². The van der Waals surface area contributed by atoms with E-state index in [-0.39, 0.29) is 5.56 Å². The second-order valence-corrected chi connectivity index (χ2v) is 5.48. The molecule has 20 heavy (non-hydrogen) atoms. The van der Waals surface area contributed by atoms with Crippen molar-refractivity contribution in [3.63, 3.8) is 0 Å². The van der Waals surface area contributed by atoms with Crippen LogP contribution < -0.4 is 4.74 Å². The van der Waals surface area contributed by atoms with Crippen LogP contribution in [-0.2, 0) is 6.54 Å². The molecule has 1 aliphatic heterocycles. The lowest BCUT2D eigenvalue weighted by atomic mass is 10.1. The molecule has 1 unspecified atom stereocenters. The van der Waals surface area contributed by atoms with Crippen molar-refractivity contribution >= 4 is 5.97 Å². The van der Waals surface area contributed by atoms with Gasteiger partial charge in [-0.25, -0.2) is 4.79 Å². The Kier molecular flexibility index (Phi) is 4.62. The molecule has 110 valence electrons. The number of rotatable bonds is 5. The number of hydrogen-bond acceptors (Lipinski definition) is 4. The monoisotopic (exact) mass is 278 g/mol. The molecule has 1 fully saturated rings. The van der Waals surface area contributed by atoms with Crippen LogP contribution in [-0.4, -0.2) is 61.2 Å². The van der Waals surface area contributed by atoms with E-state index in [2.05, 4.69) is 23.9 Å². The maximum Gasteiger partial charge on any atom is 0.339 e. The number of methoxy groups -OCH3 is 1. The third-order valence-electron chi connectivity index (χ3n) is 3.88. The Hall–Kier alpha value is -1.59. The minimum absolute atomic E-state index is 0.230. The summed E-state index contributed by atoms with van der Waals surface area (Å²) in [7, 11) is 5.69. The van der Waals surface area contributed by atoms with Gasteiger partial charge in [0, 0.05) is 25.7 Å². The molecule has 0 amide bonds. The summed E-state index contributed by atoms with van der Waals surface area (Å²) in [6.45, 7) is 2.87. The fourth-order valence-corrected chi connectivity index (χ4v) is 2.66. The first kappa shape index (κ1) is 14.8. The van der Waals surface area contributed by atoms with Gasteiger partial charge in [0.15, 0.2) is 0 Å². The molecule has 1 aliphatic rings. The van der Waals surface area contributed by atoms with Gasteiger partial charge in [-0.2, -0.15) is 0 Å². The predicted molar refractivity (Wildman–Crippen MR) is 77.3 cm³/mol. The van der Waals surface area contributed by atoms with Crippen LogP contribution >= 0.6 is 0 Å². The van der Waals surface area contributed by atoms with Crippen LogP contribution in [0.1, 0.15) is 22.3 Å². The first-order valence-corrected chi connectivity index (χ1v) is 6.80. The molecule has 1 atom stereocenters. The number of aromatic carboxylic acids is 1. The molecule has 5 heteroatoms. The average Bonchev–Trinajstić information content (AvgIpc) is 2.87. The Labute approximate surface area is 119 Å². The quantitative estimate of drug-likeness (QED) is 0.885. The second-order valence-electron chi connectivity index (χ2n) is 5.48. The van der Waals surface area contributed by atoms with E-state index in [1.165, 1.54) is 7.11 Å². The van der Waals surface area contributed by atoms with Crippen molar-refractivity contribution in [3.8, 4) is 5.75 Å². The van der Waals surface area contributed by atoms with Crippen LogP contribution in [0, 0.1) is 0 Å². The van der Waals surface area contributed by atoms with E-state index >= 15 is 0 Å². The lowest BCUT2D eigenvalue weighted by Crippen LogP contribution is -2.31. The van der Waals surface area contributed by atoms with Gasteiger partial charge in [0.1, 0.15) is 11.3 Å². The minimum Gasteiger partial charge on any atom is -0.496 e. The van der Waals surface area contributed by atoms with E-state index < -0.39 is 5.97 Å². The number of likely N-dealkylation sites (tertiary alicyclic amines) is 1. The molecule has 5 nitrogen and oxygen atoms in total. The van der Waals surface area contributed by atoms with Crippen molar-refractivity contribution in [1.82, 2.24) is 9.80 Å². The van der Waals surface area contributed by atoms with Crippen LogP contribution in [0.15, 0.2) is 18.2 Å². The standard InChI is InChI=1S/C15H22N2O3/c1-16(2)12-6-7-17(10-12)9-11-4-5-14(20-3)13(8-11)15(18)19/h4-5,8,12H,6-7,9-10H2,1-3H3,(H,18,19). The molecule has 0 aliphatic carbocycles. The molecule has 2 rings (SSSR count). The van der Waals surface area contributed by atoms with E-state index in [1.807, 2.05) is 6.07 Å². The highest BCUT2D eigenvalue weighted by Gasteiger charge is 2.24. The van der Waals surface area contributed by atoms with Gasteiger partial charge in [-0.1, -0.05) is 6.07 Å². The number of nitrogens with zero attached hydrogens (tertiary/aromatic N) is 2. The van der Waals surface area contributed by atoms with Gasteiger partial charge >= 0.3 is 5.97 Å². The molecule has 1 saturated heterocycles. The second kappa shape index (κ2) is 6.24. The highest BCUT2D eigenvalue weighted by molar-refractivity contribution is 5.91. The van der Waals surface area contributed by atoms with Gasteiger partial charge in [0.05, 0.1) is 7.11 Å². The SMILES string of the molecule is COc1ccc(CN2CCC(N(C)C)C2)cc1C(=O)O. The zero-order valence-corrected chi connectivity index (χ0v) is 12.3. The normalized spacial score (nSPS) is 19.5. The zero-order chi connectivity index (χ0) is 14.7. The van der Waals surface area contributed by atoms with Gasteiger partial charge in [0.25, 0.3) is 0 Å². The summed E-state index contributed by atoms with van der Waals surface area (Å²) < 4.78 is 5.08. The van der Waals surface area contributed by atoms with Crippen molar-refractivity contribution < 1.29 is 14.6 Å².